The Morgan fingerprint density at radius 2 is 1.95 bits per heavy atom. The highest BCUT2D eigenvalue weighted by Crippen LogP contribution is 2.30. The first-order valence-electron chi connectivity index (χ1n) is 7.64. The van der Waals surface area contributed by atoms with Crippen LogP contribution in [0.15, 0.2) is 24.3 Å². The molecule has 1 unspecified atom stereocenters. The molecule has 3 rings (SSSR count). The first-order chi connectivity index (χ1) is 10.3. The molecule has 2 amide bonds. The maximum absolute atomic E-state index is 12.3. The molecular weight excluding hydrogens is 266 g/mol. The summed E-state index contributed by atoms with van der Waals surface area (Å²) in [5.41, 5.74) is 2.03. The second-order valence-corrected chi connectivity index (χ2v) is 5.68. The van der Waals surface area contributed by atoms with Gasteiger partial charge in [0, 0.05) is 25.3 Å². The molecule has 0 bridgehead atoms. The summed E-state index contributed by atoms with van der Waals surface area (Å²) < 4.78 is 0. The number of amides is 2. The minimum atomic E-state index is -0.199. The van der Waals surface area contributed by atoms with Crippen LogP contribution >= 0.6 is 0 Å². The molecule has 1 atom stereocenters. The molecule has 1 aromatic rings. The zero-order chi connectivity index (χ0) is 14.7. The normalized spacial score (nSPS) is 20.6. The van der Waals surface area contributed by atoms with Crippen LogP contribution in [0.25, 0.3) is 0 Å². The Labute approximate surface area is 124 Å². The third-order valence-electron chi connectivity index (χ3n) is 4.27. The Kier molecular flexibility index (Phi) is 4.08. The van der Waals surface area contributed by atoms with Crippen molar-refractivity contribution in [1.82, 2.24) is 10.2 Å². The number of carbonyl (C=O) groups excluding carboxylic acids is 2. The number of hydrogen-bond donors (Lipinski definition) is 2. The van der Waals surface area contributed by atoms with Crippen molar-refractivity contribution < 1.29 is 9.59 Å². The van der Waals surface area contributed by atoms with Gasteiger partial charge in [-0.2, -0.15) is 0 Å². The lowest BCUT2D eigenvalue weighted by Gasteiger charge is -2.27. The van der Waals surface area contributed by atoms with Gasteiger partial charge in [0.2, 0.25) is 11.8 Å². The van der Waals surface area contributed by atoms with Gasteiger partial charge in [-0.15, -0.1) is 0 Å². The van der Waals surface area contributed by atoms with E-state index in [2.05, 4.69) is 10.6 Å². The summed E-state index contributed by atoms with van der Waals surface area (Å²) in [5.74, 6) is -0.240. The molecule has 0 aliphatic carbocycles. The van der Waals surface area contributed by atoms with Crippen molar-refractivity contribution in [1.29, 1.82) is 0 Å². The third kappa shape index (κ3) is 3.01. The zero-order valence-electron chi connectivity index (χ0n) is 12.1. The fraction of sp³-hybridized carbons (Fsp3) is 0.500. The lowest BCUT2D eigenvalue weighted by Crippen LogP contribution is -2.43. The van der Waals surface area contributed by atoms with E-state index in [9.17, 15) is 9.59 Å². The van der Waals surface area contributed by atoms with Crippen LogP contribution in [0, 0.1) is 0 Å². The molecule has 0 spiro atoms. The summed E-state index contributed by atoms with van der Waals surface area (Å²) >= 11 is 0. The number of benzene rings is 1. The lowest BCUT2D eigenvalue weighted by atomic mass is 10.0. The van der Waals surface area contributed by atoms with Crippen LogP contribution in [0.1, 0.15) is 30.7 Å². The average Bonchev–Trinajstić information content (AvgIpc) is 2.97. The van der Waals surface area contributed by atoms with Gasteiger partial charge in [-0.1, -0.05) is 18.2 Å². The van der Waals surface area contributed by atoms with E-state index in [4.69, 9.17) is 0 Å². The predicted molar refractivity (Wildman–Crippen MR) is 81.1 cm³/mol. The number of nitrogens with one attached hydrogen (secondary N) is 2. The Hall–Kier alpha value is -2.04. The average molecular weight is 287 g/mol. The van der Waals surface area contributed by atoms with E-state index in [1.54, 1.807) is 0 Å². The summed E-state index contributed by atoms with van der Waals surface area (Å²) in [5, 5.41) is 6.02. The Balaban J connectivity index is 1.54. The Morgan fingerprint density at radius 3 is 2.76 bits per heavy atom. The van der Waals surface area contributed by atoms with Crippen LogP contribution in [0.3, 0.4) is 0 Å². The molecule has 0 aromatic heterocycles. The highest BCUT2D eigenvalue weighted by Gasteiger charge is 2.28. The fourth-order valence-corrected chi connectivity index (χ4v) is 3.06. The molecule has 0 radical (unpaired) electrons. The molecule has 1 aromatic carbocycles. The van der Waals surface area contributed by atoms with Gasteiger partial charge in [-0.3, -0.25) is 9.59 Å². The second-order valence-electron chi connectivity index (χ2n) is 5.68. The first-order valence-corrected chi connectivity index (χ1v) is 7.64. The van der Waals surface area contributed by atoms with E-state index >= 15 is 0 Å². The minimum absolute atomic E-state index is 0.0299. The number of carbonyl (C=O) groups is 2. The topological polar surface area (TPSA) is 61.4 Å². The van der Waals surface area contributed by atoms with Gasteiger partial charge in [-0.25, -0.2) is 0 Å². The highest BCUT2D eigenvalue weighted by molar-refractivity contribution is 5.91. The number of likely N-dealkylation sites (tertiary alicyclic amines) is 1. The fourth-order valence-electron chi connectivity index (χ4n) is 3.06. The Morgan fingerprint density at radius 1 is 1.19 bits per heavy atom. The van der Waals surface area contributed by atoms with Crippen LogP contribution in [-0.4, -0.2) is 42.9 Å². The van der Waals surface area contributed by atoms with Crippen LogP contribution in [0.5, 0.6) is 0 Å². The number of anilines is 1. The van der Waals surface area contributed by atoms with Crippen molar-refractivity contribution in [2.45, 2.75) is 25.2 Å². The molecule has 2 aliphatic heterocycles. The lowest BCUT2D eigenvalue weighted by molar-refractivity contribution is -0.133. The van der Waals surface area contributed by atoms with Gasteiger partial charge in [0.05, 0.1) is 12.5 Å². The summed E-state index contributed by atoms with van der Waals surface area (Å²) in [6, 6.07) is 7.82. The van der Waals surface area contributed by atoms with E-state index in [-0.39, 0.29) is 24.3 Å². The number of piperidine rings is 1. The zero-order valence-corrected chi connectivity index (χ0v) is 12.1. The number of rotatable bonds is 3. The SMILES string of the molecule is O=C(NCC(=O)N1CCCCC1)C1CNc2ccccc21. The molecule has 1 saturated heterocycles. The minimum Gasteiger partial charge on any atom is -0.384 e. The summed E-state index contributed by atoms with van der Waals surface area (Å²) in [4.78, 5) is 26.2. The first kappa shape index (κ1) is 13.9. The van der Waals surface area contributed by atoms with E-state index < -0.39 is 0 Å². The van der Waals surface area contributed by atoms with Gasteiger partial charge < -0.3 is 15.5 Å². The predicted octanol–water partition coefficient (Wildman–Crippen LogP) is 1.32. The van der Waals surface area contributed by atoms with Crippen molar-refractivity contribution in [2.24, 2.45) is 0 Å². The molecule has 1 fully saturated rings. The standard InChI is InChI=1S/C16H21N3O2/c20-15(19-8-4-1-5-9-19)11-18-16(21)13-10-17-14-7-3-2-6-12(13)14/h2-3,6-7,13,17H,1,4-5,8-11H2,(H,18,21). The molecular formula is C16H21N3O2. The quantitative estimate of drug-likeness (QED) is 0.881. The van der Waals surface area contributed by atoms with E-state index in [1.807, 2.05) is 29.2 Å². The molecule has 112 valence electrons. The van der Waals surface area contributed by atoms with Crippen molar-refractivity contribution in [3.8, 4) is 0 Å². The van der Waals surface area contributed by atoms with Crippen molar-refractivity contribution >= 4 is 17.5 Å². The highest BCUT2D eigenvalue weighted by atomic mass is 16.2. The summed E-state index contributed by atoms with van der Waals surface area (Å²) in [6.07, 6.45) is 3.33. The van der Waals surface area contributed by atoms with E-state index in [0.29, 0.717) is 6.54 Å². The molecule has 2 N–H and O–H groups in total. The Bertz CT molecular complexity index is 538. The molecule has 2 aliphatic rings. The van der Waals surface area contributed by atoms with Crippen molar-refractivity contribution in [3.63, 3.8) is 0 Å². The molecule has 5 heteroatoms. The molecule has 21 heavy (non-hydrogen) atoms. The number of hydrogen-bond acceptors (Lipinski definition) is 3. The van der Waals surface area contributed by atoms with Crippen LogP contribution in [0.2, 0.25) is 0 Å². The number of fused-ring (bicyclic) bond motifs is 1. The van der Waals surface area contributed by atoms with Gasteiger partial charge in [0.15, 0.2) is 0 Å². The number of nitrogens with zero attached hydrogens (tertiary/aromatic N) is 1. The van der Waals surface area contributed by atoms with E-state index in [0.717, 1.165) is 37.2 Å². The van der Waals surface area contributed by atoms with Crippen LogP contribution in [-0.2, 0) is 9.59 Å². The van der Waals surface area contributed by atoms with Gasteiger partial charge >= 0.3 is 0 Å². The van der Waals surface area contributed by atoms with Gasteiger partial charge in [0.1, 0.15) is 0 Å². The van der Waals surface area contributed by atoms with Crippen LogP contribution in [0.4, 0.5) is 5.69 Å². The maximum Gasteiger partial charge on any atom is 0.241 e. The largest absolute Gasteiger partial charge is 0.384 e. The molecule has 2 heterocycles. The third-order valence-corrected chi connectivity index (χ3v) is 4.27. The van der Waals surface area contributed by atoms with Crippen molar-refractivity contribution in [3.05, 3.63) is 29.8 Å². The van der Waals surface area contributed by atoms with Crippen LogP contribution < -0.4 is 10.6 Å². The van der Waals surface area contributed by atoms with Gasteiger partial charge in [-0.05, 0) is 30.9 Å². The number of para-hydroxylation sites is 1. The monoisotopic (exact) mass is 287 g/mol. The maximum atomic E-state index is 12.3. The summed E-state index contributed by atoms with van der Waals surface area (Å²) in [7, 11) is 0. The molecule has 0 saturated carbocycles. The van der Waals surface area contributed by atoms with E-state index in [1.165, 1.54) is 6.42 Å². The van der Waals surface area contributed by atoms with Gasteiger partial charge in [0.25, 0.3) is 0 Å². The molecule has 5 nitrogen and oxygen atoms in total. The summed E-state index contributed by atoms with van der Waals surface area (Å²) in [6.45, 7) is 2.35. The second kappa shape index (κ2) is 6.16. The van der Waals surface area contributed by atoms with Crippen molar-refractivity contribution in [2.75, 3.05) is 31.5 Å². The smallest absolute Gasteiger partial charge is 0.241 e.